The molecule has 1 aliphatic carbocycles. The zero-order valence-electron chi connectivity index (χ0n) is 19.7. The van der Waals surface area contributed by atoms with Crippen LogP contribution in [0.2, 0.25) is 5.02 Å². The summed E-state index contributed by atoms with van der Waals surface area (Å²) in [4.78, 5) is 43.2. The number of benzene rings is 2. The van der Waals surface area contributed by atoms with Crippen molar-refractivity contribution in [3.63, 3.8) is 0 Å². The quantitative estimate of drug-likeness (QED) is 0.342. The van der Waals surface area contributed by atoms with Crippen molar-refractivity contribution in [1.82, 2.24) is 10.2 Å². The summed E-state index contributed by atoms with van der Waals surface area (Å²) in [5, 5.41) is 3.65. The van der Waals surface area contributed by atoms with Gasteiger partial charge in [-0.25, -0.2) is 0 Å². The Labute approximate surface area is 206 Å². The Hall–Kier alpha value is -2.92. The molecule has 0 radical (unpaired) electrons. The zero-order chi connectivity index (χ0) is 24.3. The molecule has 178 valence electrons. The van der Waals surface area contributed by atoms with Crippen LogP contribution in [-0.2, 0) is 9.59 Å². The van der Waals surface area contributed by atoms with Gasteiger partial charge in [0.1, 0.15) is 0 Å². The average Bonchev–Trinajstić information content (AvgIpc) is 3.13. The van der Waals surface area contributed by atoms with E-state index in [1.807, 2.05) is 44.2 Å². The van der Waals surface area contributed by atoms with Crippen molar-refractivity contribution in [1.29, 1.82) is 0 Å². The van der Waals surface area contributed by atoms with Gasteiger partial charge in [0.15, 0.2) is 11.3 Å². The van der Waals surface area contributed by atoms with Crippen LogP contribution in [0, 0.1) is 0 Å². The summed E-state index contributed by atoms with van der Waals surface area (Å²) in [5.41, 5.74) is 0.0394. The van der Waals surface area contributed by atoms with Gasteiger partial charge in [0.25, 0.3) is 11.8 Å². The Balaban J connectivity index is 1.81. The number of nitrogens with one attached hydrogen (secondary N) is 1. The highest BCUT2D eigenvalue weighted by Gasteiger charge is 2.59. The first-order valence-corrected chi connectivity index (χ1v) is 12.4. The Kier molecular flexibility index (Phi) is 7.22. The van der Waals surface area contributed by atoms with Gasteiger partial charge in [0.2, 0.25) is 0 Å². The van der Waals surface area contributed by atoms with E-state index in [-0.39, 0.29) is 30.2 Å². The molecule has 2 aromatic carbocycles. The number of amides is 2. The van der Waals surface area contributed by atoms with E-state index in [2.05, 4.69) is 5.32 Å². The number of rotatable bonds is 6. The Morgan fingerprint density at radius 3 is 2.29 bits per heavy atom. The van der Waals surface area contributed by atoms with Crippen LogP contribution in [-0.4, -0.2) is 40.1 Å². The maximum Gasteiger partial charge on any atom is 0.254 e. The molecule has 1 saturated carbocycles. The molecule has 2 fully saturated rings. The predicted octanol–water partition coefficient (Wildman–Crippen LogP) is 5.43. The van der Waals surface area contributed by atoms with Gasteiger partial charge >= 0.3 is 0 Å². The van der Waals surface area contributed by atoms with E-state index in [1.165, 1.54) is 4.90 Å². The molecule has 4 rings (SSSR count). The van der Waals surface area contributed by atoms with E-state index in [1.54, 1.807) is 30.3 Å². The van der Waals surface area contributed by atoms with Crippen LogP contribution in [0.5, 0.6) is 0 Å². The predicted molar refractivity (Wildman–Crippen MR) is 135 cm³/mol. The lowest BCUT2D eigenvalue weighted by molar-refractivity contribution is -0.140. The van der Waals surface area contributed by atoms with Gasteiger partial charge in [-0.1, -0.05) is 61.2 Å². The summed E-state index contributed by atoms with van der Waals surface area (Å²) in [6, 6.07) is 15.7. The van der Waals surface area contributed by atoms with Crippen molar-refractivity contribution in [3.05, 3.63) is 76.3 Å². The molecule has 1 atom stereocenters. The maximum atomic E-state index is 14.1. The number of hydrogen-bond donors (Lipinski definition) is 1. The van der Waals surface area contributed by atoms with Crippen molar-refractivity contribution in [3.8, 4) is 0 Å². The normalized spacial score (nSPS) is 22.4. The number of carbonyl (C=O) groups is 3. The fraction of sp³-hybridized carbons (Fsp3) is 0.393. The minimum Gasteiger partial charge on any atom is -0.351 e. The molecule has 34 heavy (non-hydrogen) atoms. The van der Waals surface area contributed by atoms with E-state index in [0.717, 1.165) is 37.7 Å². The number of ketones is 1. The largest absolute Gasteiger partial charge is 0.351 e. The third kappa shape index (κ3) is 4.67. The first-order valence-electron chi connectivity index (χ1n) is 12.0. The van der Waals surface area contributed by atoms with E-state index < -0.39 is 11.4 Å². The molecule has 1 unspecified atom stereocenters. The monoisotopic (exact) mass is 478 g/mol. The summed E-state index contributed by atoms with van der Waals surface area (Å²) >= 11 is 6.05. The number of likely N-dealkylation sites (tertiary alicyclic amines) is 1. The van der Waals surface area contributed by atoms with Crippen molar-refractivity contribution in [2.45, 2.75) is 70.0 Å². The van der Waals surface area contributed by atoms with Gasteiger partial charge in [-0.05, 0) is 62.6 Å². The van der Waals surface area contributed by atoms with Crippen LogP contribution in [0.15, 0.2) is 60.2 Å². The SMILES string of the molecule is CC(C)N1C(=O)/C(=C/c2ccccc2)CC1(C(=O)NC1CCCCC1)C(=O)c1ccc(Cl)cc1. The number of carbonyl (C=O) groups excluding carboxylic acids is 3. The van der Waals surface area contributed by atoms with Crippen LogP contribution >= 0.6 is 11.6 Å². The molecular formula is C28H31ClN2O3. The molecular weight excluding hydrogens is 448 g/mol. The standard InChI is InChI=1S/C28H31ClN2O3/c1-19(2)31-26(33)22(17-20-9-5-3-6-10-20)18-28(31,25(32)21-13-15-23(29)16-14-21)27(34)30-24-11-7-4-8-12-24/h3,5-6,9-10,13-17,19,24H,4,7-8,11-12,18H2,1-2H3,(H,30,34)/b22-17+. The summed E-state index contributed by atoms with van der Waals surface area (Å²) in [7, 11) is 0. The van der Waals surface area contributed by atoms with Gasteiger partial charge in [-0.15, -0.1) is 0 Å². The Morgan fingerprint density at radius 2 is 1.68 bits per heavy atom. The highest BCUT2D eigenvalue weighted by molar-refractivity contribution is 6.31. The molecule has 1 aliphatic heterocycles. The summed E-state index contributed by atoms with van der Waals surface area (Å²) in [6.07, 6.45) is 6.85. The minimum atomic E-state index is -1.64. The van der Waals surface area contributed by atoms with Crippen molar-refractivity contribution in [2.75, 3.05) is 0 Å². The van der Waals surface area contributed by atoms with Gasteiger partial charge < -0.3 is 10.2 Å². The smallest absolute Gasteiger partial charge is 0.254 e. The molecule has 6 heteroatoms. The third-order valence-corrected chi connectivity index (χ3v) is 7.06. The molecule has 2 aliphatic rings. The number of halogens is 1. The van der Waals surface area contributed by atoms with Crippen molar-refractivity contribution >= 4 is 35.3 Å². The summed E-state index contributed by atoms with van der Waals surface area (Å²) in [5.74, 6) is -1.05. The second kappa shape index (κ2) is 10.1. The molecule has 5 nitrogen and oxygen atoms in total. The maximum absolute atomic E-state index is 14.1. The Morgan fingerprint density at radius 1 is 1.03 bits per heavy atom. The molecule has 0 bridgehead atoms. The molecule has 0 spiro atoms. The topological polar surface area (TPSA) is 66.5 Å². The fourth-order valence-electron chi connectivity index (χ4n) is 5.18. The van der Waals surface area contributed by atoms with Crippen LogP contribution < -0.4 is 5.32 Å². The second-order valence-corrected chi connectivity index (χ2v) is 9.97. The van der Waals surface area contributed by atoms with Crippen LogP contribution in [0.25, 0.3) is 6.08 Å². The lowest BCUT2D eigenvalue weighted by Crippen LogP contribution is -2.64. The summed E-state index contributed by atoms with van der Waals surface area (Å²) < 4.78 is 0. The summed E-state index contributed by atoms with van der Waals surface area (Å²) in [6.45, 7) is 3.70. The van der Waals surface area contributed by atoms with E-state index in [4.69, 9.17) is 11.6 Å². The first-order chi connectivity index (χ1) is 16.3. The number of nitrogens with zero attached hydrogens (tertiary/aromatic N) is 1. The van der Waals surface area contributed by atoms with Crippen molar-refractivity contribution in [2.24, 2.45) is 0 Å². The first kappa shape index (κ1) is 24.2. The fourth-order valence-corrected chi connectivity index (χ4v) is 5.30. The molecule has 0 aromatic heterocycles. The molecule has 2 amide bonds. The lowest BCUT2D eigenvalue weighted by atomic mass is 9.83. The zero-order valence-corrected chi connectivity index (χ0v) is 20.5. The van der Waals surface area contributed by atoms with Crippen LogP contribution in [0.3, 0.4) is 0 Å². The minimum absolute atomic E-state index is 0.0161. The van der Waals surface area contributed by atoms with E-state index in [0.29, 0.717) is 16.2 Å². The lowest BCUT2D eigenvalue weighted by Gasteiger charge is -2.39. The number of Topliss-reactive ketones (excluding diaryl/α,β-unsaturated/α-hetero) is 1. The average molecular weight is 479 g/mol. The Bertz CT molecular complexity index is 1090. The third-order valence-electron chi connectivity index (χ3n) is 6.81. The van der Waals surface area contributed by atoms with Gasteiger partial charge in [0, 0.05) is 34.7 Å². The van der Waals surface area contributed by atoms with Gasteiger partial charge in [0.05, 0.1) is 0 Å². The highest BCUT2D eigenvalue weighted by Crippen LogP contribution is 2.40. The van der Waals surface area contributed by atoms with E-state index in [9.17, 15) is 14.4 Å². The van der Waals surface area contributed by atoms with Gasteiger partial charge in [-0.3, -0.25) is 14.4 Å². The van der Waals surface area contributed by atoms with Gasteiger partial charge in [-0.2, -0.15) is 0 Å². The number of hydrogen-bond acceptors (Lipinski definition) is 3. The van der Waals surface area contributed by atoms with Crippen molar-refractivity contribution < 1.29 is 14.4 Å². The molecule has 1 saturated heterocycles. The molecule has 2 aromatic rings. The van der Waals surface area contributed by atoms with Crippen LogP contribution in [0.4, 0.5) is 0 Å². The highest BCUT2D eigenvalue weighted by atomic mass is 35.5. The van der Waals surface area contributed by atoms with E-state index >= 15 is 0 Å². The van der Waals surface area contributed by atoms with Crippen LogP contribution in [0.1, 0.15) is 68.3 Å². The second-order valence-electron chi connectivity index (χ2n) is 9.53. The molecule has 1 N–H and O–H groups in total. The molecule has 1 heterocycles.